The highest BCUT2D eigenvalue weighted by atomic mass is 16.2. The van der Waals surface area contributed by atoms with E-state index in [1.165, 1.54) is 11.5 Å². The van der Waals surface area contributed by atoms with Crippen molar-refractivity contribution in [3.05, 3.63) is 17.7 Å². The van der Waals surface area contributed by atoms with E-state index in [1.54, 1.807) is 0 Å². The van der Waals surface area contributed by atoms with Crippen LogP contribution >= 0.6 is 0 Å². The molecule has 0 saturated carbocycles. The van der Waals surface area contributed by atoms with Crippen molar-refractivity contribution in [2.45, 2.75) is 52.5 Å². The van der Waals surface area contributed by atoms with Gasteiger partial charge < -0.3 is 9.47 Å². The van der Waals surface area contributed by atoms with Gasteiger partial charge in [0.05, 0.1) is 0 Å². The summed E-state index contributed by atoms with van der Waals surface area (Å²) in [6.45, 7) is 8.97. The summed E-state index contributed by atoms with van der Waals surface area (Å²) in [5.41, 5.74) is 1.23. The van der Waals surface area contributed by atoms with E-state index in [0.29, 0.717) is 12.3 Å². The molecule has 1 aromatic heterocycles. The molecular formula is C14H23N3O. The van der Waals surface area contributed by atoms with Gasteiger partial charge in [-0.25, -0.2) is 4.98 Å². The molecule has 2 heterocycles. The van der Waals surface area contributed by atoms with Crippen LogP contribution in [0.3, 0.4) is 0 Å². The maximum absolute atomic E-state index is 11.7. The fraction of sp³-hybridized carbons (Fsp3) is 0.714. The van der Waals surface area contributed by atoms with Gasteiger partial charge in [0, 0.05) is 43.9 Å². The molecule has 1 saturated heterocycles. The number of imidazole rings is 1. The maximum atomic E-state index is 11.7. The predicted octanol–water partition coefficient (Wildman–Crippen LogP) is 2.33. The summed E-state index contributed by atoms with van der Waals surface area (Å²) in [5.74, 6) is 1.85. The monoisotopic (exact) mass is 249 g/mol. The van der Waals surface area contributed by atoms with Crippen LogP contribution in [0.15, 0.2) is 6.20 Å². The van der Waals surface area contributed by atoms with Gasteiger partial charge in [0.15, 0.2) is 0 Å². The number of aromatic nitrogens is 2. The van der Waals surface area contributed by atoms with Crippen LogP contribution in [-0.4, -0.2) is 33.4 Å². The standard InChI is InChI=1S/C14H23N3O/c1-4-7-17-11(3)9-15-14(17)12-6-8-16(10-12)13(18)5-2/h9,12H,4-8,10H2,1-3H3. The number of carbonyl (C=O) groups excluding carboxylic acids is 1. The van der Waals surface area contributed by atoms with E-state index in [2.05, 4.69) is 23.4 Å². The first-order valence-corrected chi connectivity index (χ1v) is 6.97. The number of nitrogens with zero attached hydrogens (tertiary/aromatic N) is 3. The van der Waals surface area contributed by atoms with E-state index in [9.17, 15) is 4.79 Å². The molecule has 0 aliphatic carbocycles. The Balaban J connectivity index is 2.11. The molecule has 1 unspecified atom stereocenters. The Morgan fingerprint density at radius 3 is 2.94 bits per heavy atom. The lowest BCUT2D eigenvalue weighted by Gasteiger charge is -2.16. The molecule has 1 aliphatic heterocycles. The molecule has 0 bridgehead atoms. The first-order valence-electron chi connectivity index (χ1n) is 6.97. The fourth-order valence-electron chi connectivity index (χ4n) is 2.74. The molecule has 1 atom stereocenters. The summed E-state index contributed by atoms with van der Waals surface area (Å²) in [5, 5.41) is 0. The van der Waals surface area contributed by atoms with Crippen LogP contribution in [0.2, 0.25) is 0 Å². The van der Waals surface area contributed by atoms with Gasteiger partial charge in [0.1, 0.15) is 5.82 Å². The van der Waals surface area contributed by atoms with Gasteiger partial charge in [-0.15, -0.1) is 0 Å². The molecule has 1 fully saturated rings. The van der Waals surface area contributed by atoms with Crippen LogP contribution in [0.4, 0.5) is 0 Å². The molecule has 0 aromatic carbocycles. The minimum atomic E-state index is 0.266. The Labute approximate surface area is 109 Å². The minimum Gasteiger partial charge on any atom is -0.342 e. The minimum absolute atomic E-state index is 0.266. The molecule has 1 amide bonds. The van der Waals surface area contributed by atoms with Crippen molar-refractivity contribution < 1.29 is 4.79 Å². The largest absolute Gasteiger partial charge is 0.342 e. The molecule has 4 heteroatoms. The van der Waals surface area contributed by atoms with Crippen LogP contribution in [-0.2, 0) is 11.3 Å². The highest BCUT2D eigenvalue weighted by Gasteiger charge is 2.29. The SMILES string of the molecule is CCCn1c(C)cnc1C1CCN(C(=O)CC)C1. The van der Waals surface area contributed by atoms with E-state index < -0.39 is 0 Å². The second-order valence-electron chi connectivity index (χ2n) is 5.09. The van der Waals surface area contributed by atoms with Crippen molar-refractivity contribution in [3.63, 3.8) is 0 Å². The quantitative estimate of drug-likeness (QED) is 0.821. The zero-order valence-electron chi connectivity index (χ0n) is 11.6. The van der Waals surface area contributed by atoms with Gasteiger partial charge in [0.25, 0.3) is 0 Å². The Morgan fingerprint density at radius 2 is 2.28 bits per heavy atom. The normalized spacial score (nSPS) is 19.5. The highest BCUT2D eigenvalue weighted by Crippen LogP contribution is 2.27. The maximum Gasteiger partial charge on any atom is 0.222 e. The summed E-state index contributed by atoms with van der Waals surface area (Å²) in [4.78, 5) is 18.2. The van der Waals surface area contributed by atoms with Crippen molar-refractivity contribution in [1.82, 2.24) is 14.5 Å². The zero-order valence-corrected chi connectivity index (χ0v) is 11.6. The van der Waals surface area contributed by atoms with E-state index >= 15 is 0 Å². The second-order valence-corrected chi connectivity index (χ2v) is 5.09. The Hall–Kier alpha value is -1.32. The van der Waals surface area contributed by atoms with Gasteiger partial charge >= 0.3 is 0 Å². The van der Waals surface area contributed by atoms with Crippen molar-refractivity contribution >= 4 is 5.91 Å². The van der Waals surface area contributed by atoms with Crippen molar-refractivity contribution in [1.29, 1.82) is 0 Å². The lowest BCUT2D eigenvalue weighted by Crippen LogP contribution is -2.27. The predicted molar refractivity (Wildman–Crippen MR) is 71.5 cm³/mol. The summed E-state index contributed by atoms with van der Waals surface area (Å²) in [6.07, 6.45) is 4.73. The number of amides is 1. The van der Waals surface area contributed by atoms with Crippen LogP contribution in [0, 0.1) is 6.92 Å². The summed E-state index contributed by atoms with van der Waals surface area (Å²) in [7, 11) is 0. The molecule has 4 nitrogen and oxygen atoms in total. The molecular weight excluding hydrogens is 226 g/mol. The van der Waals surface area contributed by atoms with Gasteiger partial charge in [-0.3, -0.25) is 4.79 Å². The van der Waals surface area contributed by atoms with Gasteiger partial charge in [0.2, 0.25) is 5.91 Å². The molecule has 0 N–H and O–H groups in total. The van der Waals surface area contributed by atoms with Crippen molar-refractivity contribution in [3.8, 4) is 0 Å². The van der Waals surface area contributed by atoms with Gasteiger partial charge in [-0.1, -0.05) is 13.8 Å². The van der Waals surface area contributed by atoms with Gasteiger partial charge in [-0.2, -0.15) is 0 Å². The lowest BCUT2D eigenvalue weighted by molar-refractivity contribution is -0.129. The average molecular weight is 249 g/mol. The van der Waals surface area contributed by atoms with Crippen LogP contribution in [0.1, 0.15) is 50.5 Å². The summed E-state index contributed by atoms with van der Waals surface area (Å²) < 4.78 is 2.31. The number of hydrogen-bond donors (Lipinski definition) is 0. The third-order valence-corrected chi connectivity index (χ3v) is 3.74. The van der Waals surface area contributed by atoms with Crippen LogP contribution in [0.5, 0.6) is 0 Å². The van der Waals surface area contributed by atoms with E-state index in [-0.39, 0.29) is 5.91 Å². The summed E-state index contributed by atoms with van der Waals surface area (Å²) in [6, 6.07) is 0. The summed E-state index contributed by atoms with van der Waals surface area (Å²) >= 11 is 0. The zero-order chi connectivity index (χ0) is 13.1. The molecule has 0 spiro atoms. The highest BCUT2D eigenvalue weighted by molar-refractivity contribution is 5.76. The molecule has 18 heavy (non-hydrogen) atoms. The number of rotatable bonds is 4. The lowest BCUT2D eigenvalue weighted by atomic mass is 10.1. The van der Waals surface area contributed by atoms with Crippen molar-refractivity contribution in [2.24, 2.45) is 0 Å². The molecule has 0 radical (unpaired) electrons. The van der Waals surface area contributed by atoms with Crippen LogP contribution in [0.25, 0.3) is 0 Å². The first-order chi connectivity index (χ1) is 8.67. The number of carbonyl (C=O) groups is 1. The topological polar surface area (TPSA) is 38.1 Å². The third kappa shape index (κ3) is 2.42. The van der Waals surface area contributed by atoms with E-state index in [0.717, 1.165) is 32.5 Å². The average Bonchev–Trinajstić information content (AvgIpc) is 2.97. The Kier molecular flexibility index (Phi) is 4.04. The molecule has 1 aliphatic rings. The smallest absolute Gasteiger partial charge is 0.222 e. The second kappa shape index (κ2) is 5.55. The van der Waals surface area contributed by atoms with Crippen LogP contribution < -0.4 is 0 Å². The molecule has 1 aromatic rings. The molecule has 100 valence electrons. The number of aryl methyl sites for hydroxylation is 1. The van der Waals surface area contributed by atoms with Gasteiger partial charge in [-0.05, 0) is 19.8 Å². The van der Waals surface area contributed by atoms with E-state index in [4.69, 9.17) is 0 Å². The third-order valence-electron chi connectivity index (χ3n) is 3.74. The Bertz CT molecular complexity index is 425. The number of hydrogen-bond acceptors (Lipinski definition) is 2. The van der Waals surface area contributed by atoms with E-state index in [1.807, 2.05) is 18.0 Å². The van der Waals surface area contributed by atoms with Crippen molar-refractivity contribution in [2.75, 3.05) is 13.1 Å². The first kappa shape index (κ1) is 13.1. The fourth-order valence-corrected chi connectivity index (χ4v) is 2.74. The Morgan fingerprint density at radius 1 is 1.50 bits per heavy atom. The number of likely N-dealkylation sites (tertiary alicyclic amines) is 1. The molecule has 2 rings (SSSR count).